The third-order valence-corrected chi connectivity index (χ3v) is 4.42. The SMILES string of the molecule is N#Cc1ccccc1/C=C/C(=O)N1CCN(Cc2ccccc2)CC1. The van der Waals surface area contributed by atoms with Crippen LogP contribution in [0.1, 0.15) is 16.7 Å². The number of benzene rings is 2. The molecule has 3 rings (SSSR count). The minimum atomic E-state index is 0.00658. The van der Waals surface area contributed by atoms with E-state index in [0.717, 1.165) is 38.3 Å². The molecule has 2 aromatic carbocycles. The van der Waals surface area contributed by atoms with Gasteiger partial charge in [-0.25, -0.2) is 0 Å². The lowest BCUT2D eigenvalue weighted by Gasteiger charge is -2.34. The van der Waals surface area contributed by atoms with Gasteiger partial charge in [0.05, 0.1) is 11.6 Å². The molecular formula is C21H21N3O. The fourth-order valence-electron chi connectivity index (χ4n) is 2.98. The van der Waals surface area contributed by atoms with E-state index < -0.39 is 0 Å². The van der Waals surface area contributed by atoms with Gasteiger partial charge < -0.3 is 4.90 Å². The average molecular weight is 331 g/mol. The van der Waals surface area contributed by atoms with Crippen LogP contribution in [0.2, 0.25) is 0 Å². The van der Waals surface area contributed by atoms with Gasteiger partial charge in [0.25, 0.3) is 0 Å². The van der Waals surface area contributed by atoms with Gasteiger partial charge in [0.2, 0.25) is 5.91 Å². The minimum absolute atomic E-state index is 0.00658. The fourth-order valence-corrected chi connectivity index (χ4v) is 2.98. The summed E-state index contributed by atoms with van der Waals surface area (Å²) in [6.07, 6.45) is 3.31. The first-order valence-corrected chi connectivity index (χ1v) is 8.48. The maximum Gasteiger partial charge on any atom is 0.246 e. The highest BCUT2D eigenvalue weighted by Gasteiger charge is 2.19. The number of nitriles is 1. The Morgan fingerprint density at radius 2 is 1.68 bits per heavy atom. The smallest absolute Gasteiger partial charge is 0.246 e. The molecule has 1 amide bonds. The lowest BCUT2D eigenvalue weighted by atomic mass is 10.1. The van der Waals surface area contributed by atoms with Crippen LogP contribution in [0, 0.1) is 11.3 Å². The molecule has 4 nitrogen and oxygen atoms in total. The molecule has 0 aliphatic carbocycles. The van der Waals surface area contributed by atoms with E-state index >= 15 is 0 Å². The predicted molar refractivity (Wildman–Crippen MR) is 98.5 cm³/mol. The summed E-state index contributed by atoms with van der Waals surface area (Å²) in [6.45, 7) is 4.15. The fraction of sp³-hybridized carbons (Fsp3) is 0.238. The lowest BCUT2D eigenvalue weighted by molar-refractivity contribution is -0.127. The highest BCUT2D eigenvalue weighted by atomic mass is 16.2. The van der Waals surface area contributed by atoms with Crippen molar-refractivity contribution in [2.75, 3.05) is 26.2 Å². The number of piperazine rings is 1. The van der Waals surface area contributed by atoms with Crippen LogP contribution in [0.15, 0.2) is 60.7 Å². The Balaban J connectivity index is 1.53. The number of hydrogen-bond donors (Lipinski definition) is 0. The second-order valence-electron chi connectivity index (χ2n) is 6.12. The zero-order valence-corrected chi connectivity index (χ0v) is 14.1. The Bertz CT molecular complexity index is 784. The predicted octanol–water partition coefficient (Wildman–Crippen LogP) is 2.92. The van der Waals surface area contributed by atoms with Crippen LogP contribution < -0.4 is 0 Å². The molecule has 1 heterocycles. The molecule has 25 heavy (non-hydrogen) atoms. The molecule has 0 aromatic heterocycles. The number of carbonyl (C=O) groups excluding carboxylic acids is 1. The second kappa shape index (κ2) is 8.27. The van der Waals surface area contributed by atoms with Crippen molar-refractivity contribution < 1.29 is 4.79 Å². The van der Waals surface area contributed by atoms with Crippen LogP contribution >= 0.6 is 0 Å². The molecule has 0 unspecified atom stereocenters. The zero-order chi connectivity index (χ0) is 17.5. The van der Waals surface area contributed by atoms with E-state index in [2.05, 4.69) is 35.2 Å². The summed E-state index contributed by atoms with van der Waals surface area (Å²) < 4.78 is 0. The normalized spacial score (nSPS) is 15.2. The van der Waals surface area contributed by atoms with E-state index in [1.54, 1.807) is 18.2 Å². The number of carbonyl (C=O) groups is 1. The van der Waals surface area contributed by atoms with Crippen molar-refractivity contribution >= 4 is 12.0 Å². The van der Waals surface area contributed by atoms with E-state index in [9.17, 15) is 4.79 Å². The third kappa shape index (κ3) is 4.56. The van der Waals surface area contributed by atoms with E-state index in [0.29, 0.717) is 5.56 Å². The van der Waals surface area contributed by atoms with E-state index in [4.69, 9.17) is 5.26 Å². The molecule has 0 saturated carbocycles. The molecule has 4 heteroatoms. The molecular weight excluding hydrogens is 310 g/mol. The van der Waals surface area contributed by atoms with Crippen molar-refractivity contribution in [1.29, 1.82) is 5.26 Å². The summed E-state index contributed by atoms with van der Waals surface area (Å²) in [5, 5.41) is 9.10. The van der Waals surface area contributed by atoms with Crippen molar-refractivity contribution in [2.24, 2.45) is 0 Å². The molecule has 0 atom stereocenters. The molecule has 2 aromatic rings. The summed E-state index contributed by atoms with van der Waals surface area (Å²) in [5.41, 5.74) is 2.66. The number of nitrogens with zero attached hydrogens (tertiary/aromatic N) is 3. The summed E-state index contributed by atoms with van der Waals surface area (Å²) >= 11 is 0. The van der Waals surface area contributed by atoms with Crippen LogP contribution in [0.5, 0.6) is 0 Å². The van der Waals surface area contributed by atoms with Gasteiger partial charge in [-0.3, -0.25) is 9.69 Å². The van der Waals surface area contributed by atoms with Gasteiger partial charge in [0.1, 0.15) is 0 Å². The maximum atomic E-state index is 12.4. The van der Waals surface area contributed by atoms with Gasteiger partial charge in [0.15, 0.2) is 0 Å². The summed E-state index contributed by atoms with van der Waals surface area (Å²) in [5.74, 6) is 0.00658. The molecule has 0 N–H and O–H groups in total. The summed E-state index contributed by atoms with van der Waals surface area (Å²) in [7, 11) is 0. The molecule has 1 fully saturated rings. The molecule has 1 saturated heterocycles. The quantitative estimate of drug-likeness (QED) is 0.809. The van der Waals surface area contributed by atoms with Gasteiger partial charge in [0, 0.05) is 38.8 Å². The van der Waals surface area contributed by atoms with Crippen LogP contribution in [0.4, 0.5) is 0 Å². The van der Waals surface area contributed by atoms with Gasteiger partial charge in [-0.15, -0.1) is 0 Å². The lowest BCUT2D eigenvalue weighted by Crippen LogP contribution is -2.47. The molecule has 0 spiro atoms. The topological polar surface area (TPSA) is 47.3 Å². The Morgan fingerprint density at radius 3 is 2.40 bits per heavy atom. The summed E-state index contributed by atoms with van der Waals surface area (Å²) in [4.78, 5) is 16.6. The molecule has 0 radical (unpaired) electrons. The van der Waals surface area contributed by atoms with E-state index in [1.165, 1.54) is 5.56 Å². The van der Waals surface area contributed by atoms with Gasteiger partial charge in [-0.2, -0.15) is 5.26 Å². The molecule has 1 aliphatic heterocycles. The van der Waals surface area contributed by atoms with Crippen molar-refractivity contribution in [3.63, 3.8) is 0 Å². The van der Waals surface area contributed by atoms with Crippen LogP contribution in [-0.2, 0) is 11.3 Å². The summed E-state index contributed by atoms with van der Waals surface area (Å²) in [6, 6.07) is 19.8. The highest BCUT2D eigenvalue weighted by Crippen LogP contribution is 2.11. The van der Waals surface area contributed by atoms with Crippen molar-refractivity contribution in [2.45, 2.75) is 6.54 Å². The standard InChI is InChI=1S/C21H21N3O/c22-16-20-9-5-4-8-19(20)10-11-21(25)24-14-12-23(13-15-24)17-18-6-2-1-3-7-18/h1-11H,12-15,17H2/b11-10+. The average Bonchev–Trinajstić information content (AvgIpc) is 2.67. The molecule has 0 bridgehead atoms. The first-order valence-electron chi connectivity index (χ1n) is 8.48. The van der Waals surface area contributed by atoms with Crippen molar-refractivity contribution in [3.05, 3.63) is 77.4 Å². The Kier molecular flexibility index (Phi) is 5.61. The Morgan fingerprint density at radius 1 is 1.00 bits per heavy atom. The van der Waals surface area contributed by atoms with E-state index in [-0.39, 0.29) is 5.91 Å². The van der Waals surface area contributed by atoms with Crippen molar-refractivity contribution in [3.8, 4) is 6.07 Å². The van der Waals surface area contributed by atoms with E-state index in [1.807, 2.05) is 29.2 Å². The highest BCUT2D eigenvalue weighted by molar-refractivity contribution is 5.92. The monoisotopic (exact) mass is 331 g/mol. The van der Waals surface area contributed by atoms with Crippen LogP contribution in [0.25, 0.3) is 6.08 Å². The first-order chi connectivity index (χ1) is 12.3. The Labute approximate surface area is 148 Å². The zero-order valence-electron chi connectivity index (χ0n) is 14.1. The largest absolute Gasteiger partial charge is 0.337 e. The van der Waals surface area contributed by atoms with Gasteiger partial charge in [-0.05, 0) is 23.3 Å². The van der Waals surface area contributed by atoms with Crippen LogP contribution in [-0.4, -0.2) is 41.9 Å². The first kappa shape index (κ1) is 16.9. The minimum Gasteiger partial charge on any atom is -0.337 e. The Hall–Kier alpha value is -2.90. The van der Waals surface area contributed by atoms with Crippen molar-refractivity contribution in [1.82, 2.24) is 9.80 Å². The number of rotatable bonds is 4. The maximum absolute atomic E-state index is 12.4. The van der Waals surface area contributed by atoms with Gasteiger partial charge >= 0.3 is 0 Å². The molecule has 126 valence electrons. The van der Waals surface area contributed by atoms with Gasteiger partial charge in [-0.1, -0.05) is 48.5 Å². The second-order valence-corrected chi connectivity index (χ2v) is 6.12. The number of amides is 1. The third-order valence-electron chi connectivity index (χ3n) is 4.42. The molecule has 1 aliphatic rings. The van der Waals surface area contributed by atoms with Crippen LogP contribution in [0.3, 0.4) is 0 Å². The number of hydrogen-bond acceptors (Lipinski definition) is 3.